The van der Waals surface area contributed by atoms with Crippen LogP contribution in [0.25, 0.3) is 0 Å². The Morgan fingerprint density at radius 3 is 2.09 bits per heavy atom. The van der Waals surface area contributed by atoms with Crippen LogP contribution in [0.15, 0.2) is 114 Å². The Morgan fingerprint density at radius 1 is 0.727 bits per heavy atom. The average molecular weight is 459 g/mol. The normalized spacial score (nSPS) is 10.9. The third kappa shape index (κ3) is 5.58. The van der Waals surface area contributed by atoms with Gasteiger partial charge in [-0.15, -0.1) is 0 Å². The monoisotopic (exact) mass is 458 g/mol. The first-order valence-corrected chi connectivity index (χ1v) is 11.8. The van der Waals surface area contributed by atoms with Crippen molar-refractivity contribution in [1.29, 1.82) is 0 Å². The molecule has 0 aromatic heterocycles. The van der Waals surface area contributed by atoms with Crippen LogP contribution in [0.4, 0.5) is 5.69 Å². The first-order valence-electron chi connectivity index (χ1n) is 10.3. The van der Waals surface area contributed by atoms with E-state index in [1.165, 1.54) is 12.1 Å². The topological polar surface area (TPSA) is 84.5 Å². The Labute approximate surface area is 192 Å². The van der Waals surface area contributed by atoms with Crippen LogP contribution in [0.5, 0.6) is 11.5 Å². The summed E-state index contributed by atoms with van der Waals surface area (Å²) in [5, 5.41) is 2.85. The Hall–Kier alpha value is -4.10. The molecule has 2 N–H and O–H groups in total. The van der Waals surface area contributed by atoms with Gasteiger partial charge < -0.3 is 10.1 Å². The minimum absolute atomic E-state index is 0.131. The van der Waals surface area contributed by atoms with Crippen LogP contribution in [-0.4, -0.2) is 14.3 Å². The molecule has 0 bridgehead atoms. The Morgan fingerprint density at radius 2 is 1.33 bits per heavy atom. The van der Waals surface area contributed by atoms with Gasteiger partial charge in [0.1, 0.15) is 11.5 Å². The van der Waals surface area contributed by atoms with Crippen LogP contribution in [0.1, 0.15) is 15.9 Å². The van der Waals surface area contributed by atoms with Crippen molar-refractivity contribution >= 4 is 21.6 Å². The summed E-state index contributed by atoms with van der Waals surface area (Å²) in [6.45, 7) is 0.131. The van der Waals surface area contributed by atoms with E-state index in [1.54, 1.807) is 66.7 Å². The molecular formula is C26H22N2O4S. The second kappa shape index (κ2) is 10.0. The van der Waals surface area contributed by atoms with Gasteiger partial charge in [-0.25, -0.2) is 8.42 Å². The van der Waals surface area contributed by atoms with E-state index in [0.717, 1.165) is 0 Å². The highest BCUT2D eigenvalue weighted by atomic mass is 32.2. The predicted molar refractivity (Wildman–Crippen MR) is 128 cm³/mol. The van der Waals surface area contributed by atoms with Gasteiger partial charge in [-0.2, -0.15) is 0 Å². The summed E-state index contributed by atoms with van der Waals surface area (Å²) in [4.78, 5) is 13.1. The molecule has 4 rings (SSSR count). The summed E-state index contributed by atoms with van der Waals surface area (Å²) in [7, 11) is -3.75. The number of carbonyl (C=O) groups excluding carboxylic acids is 1. The minimum Gasteiger partial charge on any atom is -0.457 e. The van der Waals surface area contributed by atoms with Crippen LogP contribution in [0, 0.1) is 0 Å². The zero-order valence-electron chi connectivity index (χ0n) is 17.6. The lowest BCUT2D eigenvalue weighted by atomic mass is 10.1. The number of carbonyl (C=O) groups is 1. The number of benzene rings is 4. The SMILES string of the molecule is O=C(NCc1ccccc1NS(=O)(=O)c1ccccc1)c1ccccc1Oc1ccccc1. The number of para-hydroxylation sites is 3. The summed E-state index contributed by atoms with van der Waals surface area (Å²) >= 11 is 0. The van der Waals surface area contributed by atoms with Crippen molar-refractivity contribution in [2.24, 2.45) is 0 Å². The first-order chi connectivity index (χ1) is 16.0. The quantitative estimate of drug-likeness (QED) is 0.380. The third-order valence-corrected chi connectivity index (χ3v) is 6.24. The molecule has 0 heterocycles. The molecule has 7 heteroatoms. The average Bonchev–Trinajstić information content (AvgIpc) is 2.85. The van der Waals surface area contributed by atoms with Gasteiger partial charge in [0.15, 0.2) is 0 Å². The predicted octanol–water partition coefficient (Wildman–Crippen LogP) is 5.21. The first kappa shape index (κ1) is 22.1. The highest BCUT2D eigenvalue weighted by Gasteiger charge is 2.17. The van der Waals surface area contributed by atoms with Crippen LogP contribution >= 0.6 is 0 Å². The summed E-state index contributed by atoms with van der Waals surface area (Å²) in [5.74, 6) is 0.722. The number of sulfonamides is 1. The summed E-state index contributed by atoms with van der Waals surface area (Å²) in [6.07, 6.45) is 0. The highest BCUT2D eigenvalue weighted by Crippen LogP contribution is 2.25. The number of hydrogen-bond acceptors (Lipinski definition) is 4. The van der Waals surface area contributed by atoms with E-state index in [2.05, 4.69) is 10.0 Å². The largest absolute Gasteiger partial charge is 0.457 e. The fourth-order valence-corrected chi connectivity index (χ4v) is 4.33. The maximum Gasteiger partial charge on any atom is 0.261 e. The molecule has 0 radical (unpaired) electrons. The van der Waals surface area contributed by atoms with Gasteiger partial charge in [-0.05, 0) is 48.0 Å². The number of anilines is 1. The smallest absolute Gasteiger partial charge is 0.261 e. The zero-order valence-corrected chi connectivity index (χ0v) is 18.5. The number of nitrogens with one attached hydrogen (secondary N) is 2. The maximum absolute atomic E-state index is 12.9. The van der Waals surface area contributed by atoms with E-state index < -0.39 is 10.0 Å². The molecule has 33 heavy (non-hydrogen) atoms. The van der Waals surface area contributed by atoms with E-state index in [4.69, 9.17) is 4.74 Å². The fourth-order valence-electron chi connectivity index (χ4n) is 3.21. The van der Waals surface area contributed by atoms with Crippen molar-refractivity contribution < 1.29 is 17.9 Å². The molecule has 4 aromatic rings. The molecule has 1 amide bonds. The van der Waals surface area contributed by atoms with Crippen molar-refractivity contribution in [3.05, 3.63) is 120 Å². The van der Waals surface area contributed by atoms with Crippen molar-refractivity contribution in [2.75, 3.05) is 4.72 Å². The van der Waals surface area contributed by atoms with Crippen molar-refractivity contribution in [2.45, 2.75) is 11.4 Å². The fraction of sp³-hybridized carbons (Fsp3) is 0.0385. The molecule has 0 fully saturated rings. The molecule has 0 unspecified atom stereocenters. The van der Waals surface area contributed by atoms with E-state index in [0.29, 0.717) is 28.3 Å². The molecule has 0 atom stereocenters. The number of rotatable bonds is 8. The number of amides is 1. The second-order valence-corrected chi connectivity index (χ2v) is 8.85. The molecule has 0 aliphatic rings. The molecule has 4 aromatic carbocycles. The van der Waals surface area contributed by atoms with Crippen LogP contribution in [0.2, 0.25) is 0 Å². The van der Waals surface area contributed by atoms with Crippen molar-refractivity contribution in [3.63, 3.8) is 0 Å². The Balaban J connectivity index is 1.49. The number of ether oxygens (including phenoxy) is 1. The van der Waals surface area contributed by atoms with E-state index >= 15 is 0 Å². The van der Waals surface area contributed by atoms with E-state index in [9.17, 15) is 13.2 Å². The summed E-state index contributed by atoms with van der Waals surface area (Å²) in [6, 6.07) is 31.2. The van der Waals surface area contributed by atoms with Crippen LogP contribution in [-0.2, 0) is 16.6 Å². The Bertz CT molecular complexity index is 1340. The van der Waals surface area contributed by atoms with Crippen LogP contribution in [0.3, 0.4) is 0 Å². The summed E-state index contributed by atoms with van der Waals surface area (Å²) < 4.78 is 33.9. The molecule has 6 nitrogen and oxygen atoms in total. The number of hydrogen-bond donors (Lipinski definition) is 2. The summed E-state index contributed by atoms with van der Waals surface area (Å²) in [5.41, 5.74) is 1.41. The van der Waals surface area contributed by atoms with Gasteiger partial charge in [-0.3, -0.25) is 9.52 Å². The maximum atomic E-state index is 12.9. The second-order valence-electron chi connectivity index (χ2n) is 7.17. The van der Waals surface area contributed by atoms with Gasteiger partial charge in [0, 0.05) is 6.54 Å². The lowest BCUT2D eigenvalue weighted by molar-refractivity contribution is 0.0948. The standard InChI is InChI=1S/C26H22N2O4S/c29-26(23-16-8-10-18-25(23)32-21-12-3-1-4-13-21)27-19-20-11-7-9-17-24(20)28-33(30,31)22-14-5-2-6-15-22/h1-18,28H,19H2,(H,27,29). The van der Waals surface area contributed by atoms with Crippen LogP contribution < -0.4 is 14.8 Å². The van der Waals surface area contributed by atoms with Gasteiger partial charge in [0.2, 0.25) is 0 Å². The zero-order chi connectivity index (χ0) is 23.1. The van der Waals surface area contributed by atoms with Gasteiger partial charge in [-0.1, -0.05) is 66.7 Å². The molecule has 0 aliphatic heterocycles. The van der Waals surface area contributed by atoms with Gasteiger partial charge >= 0.3 is 0 Å². The molecule has 166 valence electrons. The van der Waals surface area contributed by atoms with Crippen molar-refractivity contribution in [1.82, 2.24) is 5.32 Å². The van der Waals surface area contributed by atoms with E-state index in [1.807, 2.05) is 30.3 Å². The molecule has 0 saturated heterocycles. The highest BCUT2D eigenvalue weighted by molar-refractivity contribution is 7.92. The van der Waals surface area contributed by atoms with Gasteiger partial charge in [0.05, 0.1) is 16.1 Å². The molecule has 0 spiro atoms. The molecule has 0 saturated carbocycles. The van der Waals surface area contributed by atoms with Crippen molar-refractivity contribution in [3.8, 4) is 11.5 Å². The lowest BCUT2D eigenvalue weighted by Gasteiger charge is -2.14. The molecule has 0 aliphatic carbocycles. The molecular weight excluding hydrogens is 436 g/mol. The Kier molecular flexibility index (Phi) is 6.71. The lowest BCUT2D eigenvalue weighted by Crippen LogP contribution is -2.24. The van der Waals surface area contributed by atoms with E-state index in [-0.39, 0.29) is 17.3 Å². The third-order valence-electron chi connectivity index (χ3n) is 4.86. The van der Waals surface area contributed by atoms with Gasteiger partial charge in [0.25, 0.3) is 15.9 Å². The minimum atomic E-state index is -3.75.